The minimum Gasteiger partial charge on any atom is -0.503 e. The Bertz CT molecular complexity index is 240. The Morgan fingerprint density at radius 3 is 1.91 bits per heavy atom. The molecule has 1 N–H and O–H groups in total. The van der Waals surface area contributed by atoms with Gasteiger partial charge in [0.1, 0.15) is 0 Å². The number of hydrogen-bond donors (Lipinski definition) is 1. The van der Waals surface area contributed by atoms with Crippen molar-refractivity contribution in [2.45, 2.75) is 6.92 Å². The maximum absolute atomic E-state index is 12.4. The summed E-state index contributed by atoms with van der Waals surface area (Å²) in [6, 6.07) is 2.14. The van der Waals surface area contributed by atoms with Crippen LogP contribution in [0.4, 0.5) is 8.78 Å². The van der Waals surface area contributed by atoms with Gasteiger partial charge in [-0.1, -0.05) is 0 Å². The molecule has 0 heterocycles. The summed E-state index contributed by atoms with van der Waals surface area (Å²) in [4.78, 5) is 0. The Morgan fingerprint density at radius 2 is 1.55 bits per heavy atom. The quantitative estimate of drug-likeness (QED) is 0.693. The Hall–Kier alpha value is -2.12. The van der Waals surface area contributed by atoms with Gasteiger partial charge >= 0.3 is 0 Å². The van der Waals surface area contributed by atoms with Crippen LogP contribution in [0.3, 0.4) is 0 Å². The zero-order valence-electron chi connectivity index (χ0n) is 6.06. The van der Waals surface area contributed by atoms with E-state index in [0.717, 1.165) is 12.1 Å². The number of aromatic hydroxyl groups is 1. The largest absolute Gasteiger partial charge is 0.503 e. The van der Waals surface area contributed by atoms with Gasteiger partial charge < -0.3 is 5.11 Å². The molecule has 0 bridgehead atoms. The first-order valence-corrected chi connectivity index (χ1v) is 2.76. The maximum atomic E-state index is 12.4. The molecule has 0 aromatic heterocycles. The summed E-state index contributed by atoms with van der Waals surface area (Å²) in [7, 11) is 0. The van der Waals surface area contributed by atoms with Crippen molar-refractivity contribution in [2.75, 3.05) is 0 Å². The van der Waals surface area contributed by atoms with Crippen molar-refractivity contribution in [2.24, 2.45) is 0 Å². The van der Waals surface area contributed by atoms with E-state index in [1.165, 1.54) is 0 Å². The molecule has 4 heteroatoms. The first-order chi connectivity index (χ1) is 4.61. The third kappa shape index (κ3) is 1.41. The predicted octanol–water partition coefficient (Wildman–Crippen LogP) is 1.98. The zero-order valence-corrected chi connectivity index (χ0v) is 12.5. The maximum Gasteiger partial charge on any atom is 0.187 e. The van der Waals surface area contributed by atoms with E-state index in [0.29, 0.717) is 5.56 Å². The molecule has 1 aromatic rings. The Balaban J connectivity index is 0.000001000. The van der Waals surface area contributed by atoms with Gasteiger partial charge in [-0.05, 0) is 24.6 Å². The summed E-state index contributed by atoms with van der Waals surface area (Å²) < 4.78 is 24.7. The van der Waals surface area contributed by atoms with Crippen molar-refractivity contribution in [3.63, 3.8) is 0 Å². The summed E-state index contributed by atoms with van der Waals surface area (Å²) in [6.45, 7) is 1.55. The van der Waals surface area contributed by atoms with E-state index in [1.54, 1.807) is 6.92 Å². The third-order valence-electron chi connectivity index (χ3n) is 1.16. The van der Waals surface area contributed by atoms with Crippen molar-refractivity contribution in [3.05, 3.63) is 29.3 Å². The Kier molecular flexibility index (Phi) is 2.13. The minimum atomic E-state index is -0.919. The van der Waals surface area contributed by atoms with Crippen LogP contribution in [0.15, 0.2) is 12.1 Å². The molecule has 11 heavy (non-hydrogen) atoms. The van der Waals surface area contributed by atoms with Crippen LogP contribution in [0.2, 0.25) is 0 Å². The van der Waals surface area contributed by atoms with Gasteiger partial charge in [0, 0.05) is 0 Å². The van der Waals surface area contributed by atoms with Gasteiger partial charge in [0.2, 0.25) is 0 Å². The van der Waals surface area contributed by atoms with Crippen LogP contribution < -0.4 is 0 Å². The number of benzene rings is 1. The summed E-state index contributed by atoms with van der Waals surface area (Å²) >= 11 is 0. The second-order valence-electron chi connectivity index (χ2n) is 2.08. The van der Waals surface area contributed by atoms with E-state index < -0.39 is 17.4 Å². The molecule has 0 spiro atoms. The molecule has 0 atom stereocenters. The topological polar surface area (TPSA) is 20.2 Å². The summed E-state index contributed by atoms with van der Waals surface area (Å²) in [5, 5.41) is 8.58. The van der Waals surface area contributed by atoms with Crippen molar-refractivity contribution in [3.8, 4) is 5.75 Å². The van der Waals surface area contributed by atoms with E-state index in [2.05, 4.69) is 0 Å². The van der Waals surface area contributed by atoms with Crippen LogP contribution >= 0.6 is 0 Å². The smallest absolute Gasteiger partial charge is 0.187 e. The van der Waals surface area contributed by atoms with Crippen LogP contribution in [-0.2, 0) is 0 Å². The number of hydrogen-bond acceptors (Lipinski definition) is 1. The molecule has 0 aliphatic heterocycles. The molecule has 1 nitrogen and oxygen atoms in total. The van der Waals surface area contributed by atoms with Gasteiger partial charge in [-0.25, -0.2) is 8.78 Å². The summed E-state index contributed by atoms with van der Waals surface area (Å²) in [5.41, 5.74) is 0.452. The average Bonchev–Trinajstić information content (AvgIpc) is 1.82. The molecule has 0 amide bonds. The molecule has 56 valence electrons. The molecule has 0 unspecified atom stereocenters. The molecular formula is C7H6F2ORf. The van der Waals surface area contributed by atoms with Crippen molar-refractivity contribution in [1.29, 1.82) is 0 Å². The number of rotatable bonds is 0. The van der Waals surface area contributed by atoms with Gasteiger partial charge in [0.15, 0.2) is 17.4 Å². The van der Waals surface area contributed by atoms with Crippen molar-refractivity contribution in [1.82, 2.24) is 0 Å². The number of aryl methyl sites for hydroxylation is 1. The van der Waals surface area contributed by atoms with Crippen molar-refractivity contribution < 1.29 is 13.9 Å². The zero-order chi connectivity index (χ0) is 7.72. The Labute approximate surface area is 56.9 Å². The van der Waals surface area contributed by atoms with E-state index >= 15 is 0 Å². The van der Waals surface area contributed by atoms with Crippen LogP contribution in [0.5, 0.6) is 5.75 Å². The molecule has 0 saturated heterocycles. The van der Waals surface area contributed by atoms with Gasteiger partial charge in [0.25, 0.3) is 0 Å². The van der Waals surface area contributed by atoms with Crippen LogP contribution in [-0.4, -0.2) is 5.11 Å². The standard InChI is InChI=1S/C7H6F2O.Rf/c1-4-2-5(8)7(10)6(9)3-4;/h2-3,10H,1H3;. The third-order valence-corrected chi connectivity index (χ3v) is 1.16. The predicted molar refractivity (Wildman–Crippen MR) is 32.8 cm³/mol. The summed E-state index contributed by atoms with van der Waals surface area (Å²) in [6.07, 6.45) is 0. The molecular weight excluding hydrogens is 405 g/mol. The molecule has 0 saturated carbocycles. The fraction of sp³-hybridized carbons (Fsp3) is 0.143. The molecule has 0 radical (unpaired) electrons. The SMILES string of the molecule is Cc1cc(F)c(O)c(F)c1.[Rf]. The molecule has 0 aliphatic carbocycles. The van der Waals surface area contributed by atoms with Gasteiger partial charge in [-0.2, -0.15) is 0 Å². The molecule has 1 aromatic carbocycles. The summed E-state index contributed by atoms with van der Waals surface area (Å²) in [5.74, 6) is -2.75. The van der Waals surface area contributed by atoms with Crippen molar-refractivity contribution >= 4 is 0 Å². The number of halogens is 2. The van der Waals surface area contributed by atoms with E-state index in [-0.39, 0.29) is 0 Å². The first-order valence-electron chi connectivity index (χ1n) is 2.76. The van der Waals surface area contributed by atoms with E-state index in [1.807, 2.05) is 0 Å². The van der Waals surface area contributed by atoms with E-state index in [9.17, 15) is 8.78 Å². The number of phenolic OH excluding ortho intramolecular Hbond substituents is 1. The normalized spacial score (nSPS) is 9.00. The first kappa shape index (κ1) is 8.88. The molecule has 0 aliphatic rings. The fourth-order valence-electron chi connectivity index (χ4n) is 0.692. The van der Waals surface area contributed by atoms with Gasteiger partial charge in [-0.3, -0.25) is 0 Å². The fourth-order valence-corrected chi connectivity index (χ4v) is 0.692. The average molecular weight is 411 g/mol. The molecule has 1 rings (SSSR count). The monoisotopic (exact) mass is 411 g/mol. The minimum absolute atomic E-state index is 0. The number of phenols is 1. The van der Waals surface area contributed by atoms with Crippen LogP contribution in [0.1, 0.15) is 5.56 Å². The van der Waals surface area contributed by atoms with Crippen LogP contribution in [0.25, 0.3) is 0 Å². The second-order valence-corrected chi connectivity index (χ2v) is 2.08. The van der Waals surface area contributed by atoms with E-state index in [4.69, 9.17) is 5.11 Å². The molecule has 0 fully saturated rings. The second kappa shape index (κ2) is 2.64. The van der Waals surface area contributed by atoms with Gasteiger partial charge in [-0.15, -0.1) is 0 Å². The van der Waals surface area contributed by atoms with Gasteiger partial charge in [0.05, 0.1) is 0 Å². The Morgan fingerprint density at radius 1 is 1.18 bits per heavy atom. The van der Waals surface area contributed by atoms with Crippen LogP contribution in [0, 0.1) is 18.6 Å².